The minimum absolute atomic E-state index is 0.0313. The summed E-state index contributed by atoms with van der Waals surface area (Å²) >= 11 is 0. The first kappa shape index (κ1) is 13.8. The smallest absolute Gasteiger partial charge is 0.134 e. The van der Waals surface area contributed by atoms with Crippen molar-refractivity contribution in [2.75, 3.05) is 0 Å². The lowest BCUT2D eigenvalue weighted by molar-refractivity contribution is 0.128. The Labute approximate surface area is 114 Å². The quantitative estimate of drug-likeness (QED) is 0.649. The van der Waals surface area contributed by atoms with Crippen LogP contribution in [0.4, 0.5) is 0 Å². The summed E-state index contributed by atoms with van der Waals surface area (Å²) in [5.41, 5.74) is 7.98. The highest BCUT2D eigenvalue weighted by atomic mass is 16.5. The number of pyridine rings is 1. The molecule has 0 aliphatic heterocycles. The molecule has 0 aromatic carbocycles. The maximum Gasteiger partial charge on any atom is 0.134 e. The van der Waals surface area contributed by atoms with Crippen molar-refractivity contribution in [1.82, 2.24) is 4.98 Å². The van der Waals surface area contributed by atoms with Crippen molar-refractivity contribution in [3.63, 3.8) is 0 Å². The molecular weight excluding hydrogens is 238 g/mol. The third-order valence-electron chi connectivity index (χ3n) is 3.74. The molecule has 3 N–H and O–H groups in total. The fraction of sp³-hybridized carbons (Fsp3) is 0.600. The highest BCUT2D eigenvalue weighted by Gasteiger charge is 2.22. The second-order valence-electron chi connectivity index (χ2n) is 5.65. The van der Waals surface area contributed by atoms with Gasteiger partial charge in [0, 0.05) is 11.8 Å². The van der Waals surface area contributed by atoms with Gasteiger partial charge in [0.2, 0.25) is 0 Å². The van der Waals surface area contributed by atoms with Crippen molar-refractivity contribution in [2.24, 2.45) is 11.7 Å². The molecule has 1 aromatic heterocycles. The molecule has 19 heavy (non-hydrogen) atoms. The molecule has 0 spiro atoms. The van der Waals surface area contributed by atoms with E-state index in [0.29, 0.717) is 11.5 Å². The molecule has 2 unspecified atom stereocenters. The topological polar surface area (TPSA) is 72.0 Å². The van der Waals surface area contributed by atoms with E-state index in [1.807, 2.05) is 19.9 Å². The molecule has 2 atom stereocenters. The number of aryl methyl sites for hydroxylation is 2. The molecular formula is C15H23N3O. The van der Waals surface area contributed by atoms with Crippen LogP contribution in [-0.4, -0.2) is 16.9 Å². The van der Waals surface area contributed by atoms with Gasteiger partial charge in [-0.1, -0.05) is 13.3 Å². The van der Waals surface area contributed by atoms with E-state index < -0.39 is 0 Å². The predicted octanol–water partition coefficient (Wildman–Crippen LogP) is 2.94. The zero-order valence-electron chi connectivity index (χ0n) is 12.0. The SMILES string of the molecule is Cc1cc(OC2CCCC(C)C2)c(C(=N)N)c(C)n1. The lowest BCUT2D eigenvalue weighted by atomic mass is 9.88. The van der Waals surface area contributed by atoms with Crippen LogP contribution in [0.25, 0.3) is 0 Å². The highest BCUT2D eigenvalue weighted by molar-refractivity contribution is 5.98. The summed E-state index contributed by atoms with van der Waals surface area (Å²) in [6.45, 7) is 6.08. The third-order valence-corrected chi connectivity index (χ3v) is 3.74. The van der Waals surface area contributed by atoms with E-state index in [4.69, 9.17) is 15.9 Å². The fourth-order valence-corrected chi connectivity index (χ4v) is 2.88. The number of nitrogens with zero attached hydrogens (tertiary/aromatic N) is 1. The number of nitrogens with two attached hydrogens (primary N) is 1. The van der Waals surface area contributed by atoms with Crippen LogP contribution in [0.2, 0.25) is 0 Å². The molecule has 2 rings (SSSR count). The minimum atomic E-state index is 0.0313. The monoisotopic (exact) mass is 261 g/mol. The summed E-state index contributed by atoms with van der Waals surface area (Å²) in [7, 11) is 0. The highest BCUT2D eigenvalue weighted by Crippen LogP contribution is 2.30. The van der Waals surface area contributed by atoms with E-state index in [9.17, 15) is 0 Å². The number of nitrogens with one attached hydrogen (secondary N) is 1. The fourth-order valence-electron chi connectivity index (χ4n) is 2.88. The van der Waals surface area contributed by atoms with E-state index >= 15 is 0 Å². The average Bonchev–Trinajstić information content (AvgIpc) is 2.26. The van der Waals surface area contributed by atoms with Gasteiger partial charge in [-0.3, -0.25) is 10.4 Å². The van der Waals surface area contributed by atoms with Crippen LogP contribution in [0.15, 0.2) is 6.07 Å². The number of ether oxygens (including phenoxy) is 1. The summed E-state index contributed by atoms with van der Waals surface area (Å²) in [5, 5.41) is 7.70. The number of amidine groups is 1. The summed E-state index contributed by atoms with van der Waals surface area (Å²) in [4.78, 5) is 4.36. The van der Waals surface area contributed by atoms with Crippen molar-refractivity contribution in [3.05, 3.63) is 23.0 Å². The zero-order valence-corrected chi connectivity index (χ0v) is 12.0. The molecule has 1 saturated carbocycles. The average molecular weight is 261 g/mol. The van der Waals surface area contributed by atoms with E-state index in [1.54, 1.807) is 0 Å². The van der Waals surface area contributed by atoms with E-state index in [1.165, 1.54) is 12.8 Å². The van der Waals surface area contributed by atoms with Gasteiger partial charge in [0.15, 0.2) is 0 Å². The number of nitrogen functional groups attached to an aromatic ring is 1. The molecule has 4 heteroatoms. The van der Waals surface area contributed by atoms with Crippen LogP contribution in [0.3, 0.4) is 0 Å². The first-order chi connectivity index (χ1) is 8.97. The summed E-state index contributed by atoms with van der Waals surface area (Å²) in [6, 6.07) is 1.89. The summed E-state index contributed by atoms with van der Waals surface area (Å²) in [5.74, 6) is 1.46. The van der Waals surface area contributed by atoms with Gasteiger partial charge in [0.25, 0.3) is 0 Å². The standard InChI is InChI=1S/C15H23N3O/c1-9-5-4-6-12(7-9)19-13-8-10(2)18-11(3)14(13)15(16)17/h8-9,12H,4-7H2,1-3H3,(H3,16,17). The molecule has 1 aromatic rings. The van der Waals surface area contributed by atoms with Crippen LogP contribution in [-0.2, 0) is 0 Å². The zero-order chi connectivity index (χ0) is 14.0. The molecule has 1 aliphatic rings. The predicted molar refractivity (Wildman–Crippen MR) is 76.8 cm³/mol. The van der Waals surface area contributed by atoms with Gasteiger partial charge < -0.3 is 10.5 Å². The maximum atomic E-state index is 7.70. The molecule has 1 heterocycles. The van der Waals surface area contributed by atoms with Gasteiger partial charge in [0.05, 0.1) is 17.4 Å². The molecule has 1 fully saturated rings. The second-order valence-corrected chi connectivity index (χ2v) is 5.65. The number of hydrogen-bond acceptors (Lipinski definition) is 3. The van der Waals surface area contributed by atoms with Gasteiger partial charge in [-0.05, 0) is 39.0 Å². The lowest BCUT2D eigenvalue weighted by Gasteiger charge is -2.28. The Hall–Kier alpha value is -1.58. The van der Waals surface area contributed by atoms with Crippen molar-refractivity contribution in [2.45, 2.75) is 52.6 Å². The first-order valence-electron chi connectivity index (χ1n) is 6.96. The number of rotatable bonds is 3. The van der Waals surface area contributed by atoms with Gasteiger partial charge in [0.1, 0.15) is 11.6 Å². The van der Waals surface area contributed by atoms with Crippen LogP contribution in [0.1, 0.15) is 49.6 Å². The van der Waals surface area contributed by atoms with E-state index in [0.717, 1.165) is 30.0 Å². The van der Waals surface area contributed by atoms with Gasteiger partial charge >= 0.3 is 0 Å². The number of hydrogen-bond donors (Lipinski definition) is 2. The Morgan fingerprint density at radius 1 is 1.42 bits per heavy atom. The Morgan fingerprint density at radius 2 is 2.16 bits per heavy atom. The Bertz CT molecular complexity index is 485. The van der Waals surface area contributed by atoms with Crippen molar-refractivity contribution >= 4 is 5.84 Å². The van der Waals surface area contributed by atoms with Crippen molar-refractivity contribution in [3.8, 4) is 5.75 Å². The van der Waals surface area contributed by atoms with Gasteiger partial charge in [-0.15, -0.1) is 0 Å². The second kappa shape index (κ2) is 5.59. The number of aromatic nitrogens is 1. The molecule has 1 aliphatic carbocycles. The molecule has 4 nitrogen and oxygen atoms in total. The normalized spacial score (nSPS) is 23.1. The lowest BCUT2D eigenvalue weighted by Crippen LogP contribution is -2.26. The van der Waals surface area contributed by atoms with E-state index in [2.05, 4.69) is 11.9 Å². The van der Waals surface area contributed by atoms with Crippen molar-refractivity contribution in [1.29, 1.82) is 5.41 Å². The summed E-state index contributed by atoms with van der Waals surface area (Å²) < 4.78 is 6.12. The maximum absolute atomic E-state index is 7.70. The Kier molecular flexibility index (Phi) is 4.08. The summed E-state index contributed by atoms with van der Waals surface area (Å²) in [6.07, 6.45) is 4.90. The molecule has 0 amide bonds. The first-order valence-corrected chi connectivity index (χ1v) is 6.96. The molecule has 104 valence electrons. The van der Waals surface area contributed by atoms with Crippen LogP contribution in [0.5, 0.6) is 5.75 Å². The van der Waals surface area contributed by atoms with Crippen LogP contribution < -0.4 is 10.5 Å². The van der Waals surface area contributed by atoms with Crippen LogP contribution in [0, 0.1) is 25.2 Å². The van der Waals surface area contributed by atoms with E-state index in [-0.39, 0.29) is 11.9 Å². The molecule has 0 saturated heterocycles. The third kappa shape index (κ3) is 3.25. The van der Waals surface area contributed by atoms with Crippen molar-refractivity contribution < 1.29 is 4.74 Å². The largest absolute Gasteiger partial charge is 0.490 e. The van der Waals surface area contributed by atoms with Crippen LogP contribution >= 0.6 is 0 Å². The van der Waals surface area contributed by atoms with Gasteiger partial charge in [-0.25, -0.2) is 0 Å². The molecule has 0 radical (unpaired) electrons. The molecule has 0 bridgehead atoms. The van der Waals surface area contributed by atoms with Gasteiger partial charge in [-0.2, -0.15) is 0 Å². The Balaban J connectivity index is 2.25. The minimum Gasteiger partial charge on any atom is -0.490 e. The Morgan fingerprint density at radius 3 is 2.79 bits per heavy atom.